The molecule has 0 aromatic heterocycles. The summed E-state index contributed by atoms with van der Waals surface area (Å²) in [7, 11) is 2.31. The molecule has 134 valence electrons. The Balaban J connectivity index is 3.01. The SMILES string of the molecule is COC(=O)NC(=S)Nc1ccc([N+](=O)[O-])cc1NC(=S)NC(=O)OC. The fraction of sp³-hybridized carbons (Fsp3) is 0.167. The molecule has 13 heteroatoms. The number of benzene rings is 1. The summed E-state index contributed by atoms with van der Waals surface area (Å²) in [6.45, 7) is 0. The molecule has 0 aliphatic heterocycles. The number of carbonyl (C=O) groups is 2. The van der Waals surface area contributed by atoms with Crippen LogP contribution >= 0.6 is 24.4 Å². The van der Waals surface area contributed by atoms with Crippen LogP contribution in [-0.4, -0.2) is 41.6 Å². The van der Waals surface area contributed by atoms with Crippen molar-refractivity contribution in [1.29, 1.82) is 0 Å². The van der Waals surface area contributed by atoms with E-state index in [9.17, 15) is 19.7 Å². The van der Waals surface area contributed by atoms with E-state index in [1.54, 1.807) is 0 Å². The van der Waals surface area contributed by atoms with Gasteiger partial charge in [-0.2, -0.15) is 0 Å². The lowest BCUT2D eigenvalue weighted by atomic mass is 10.2. The van der Waals surface area contributed by atoms with Gasteiger partial charge in [0, 0.05) is 12.1 Å². The zero-order valence-corrected chi connectivity index (χ0v) is 14.6. The fourth-order valence-corrected chi connectivity index (χ4v) is 1.84. The number of methoxy groups -OCH3 is 2. The normalized spacial score (nSPS) is 9.36. The molecule has 2 amide bonds. The molecule has 4 N–H and O–H groups in total. The van der Waals surface area contributed by atoms with Crippen molar-refractivity contribution in [3.05, 3.63) is 28.3 Å². The molecule has 1 rings (SSSR count). The molecule has 11 nitrogen and oxygen atoms in total. The highest BCUT2D eigenvalue weighted by molar-refractivity contribution is 7.80. The largest absolute Gasteiger partial charge is 0.453 e. The van der Waals surface area contributed by atoms with Crippen molar-refractivity contribution >= 4 is 63.9 Å². The van der Waals surface area contributed by atoms with Gasteiger partial charge in [-0.3, -0.25) is 20.7 Å². The number of anilines is 2. The summed E-state index contributed by atoms with van der Waals surface area (Å²) in [5.41, 5.74) is 0.145. The molecule has 0 aliphatic rings. The van der Waals surface area contributed by atoms with Gasteiger partial charge in [0.2, 0.25) is 0 Å². The Hall–Kier alpha value is -3.06. The standard InChI is InChI=1S/C12H13N5O6S2/c1-22-11(18)15-9(24)13-7-4-3-6(17(20)21)5-8(7)14-10(25)16-12(19)23-2/h3-5H,1-2H3,(H2,13,15,18,24)(H2,14,16,19,25). The number of carbonyl (C=O) groups excluding carboxylic acids is 2. The number of nitro benzene ring substituents is 1. The Morgan fingerprint density at radius 2 is 1.48 bits per heavy atom. The van der Waals surface area contributed by atoms with Crippen LogP contribution in [0.5, 0.6) is 0 Å². The number of hydrogen-bond donors (Lipinski definition) is 4. The summed E-state index contributed by atoms with van der Waals surface area (Å²) in [4.78, 5) is 32.6. The minimum absolute atomic E-state index is 0.115. The summed E-state index contributed by atoms with van der Waals surface area (Å²) in [5.74, 6) is 0. The van der Waals surface area contributed by atoms with E-state index >= 15 is 0 Å². The molecule has 0 saturated heterocycles. The number of amides is 2. The van der Waals surface area contributed by atoms with Crippen molar-refractivity contribution in [2.24, 2.45) is 0 Å². The van der Waals surface area contributed by atoms with Gasteiger partial charge in [0.05, 0.1) is 30.5 Å². The Morgan fingerprint density at radius 3 is 1.92 bits per heavy atom. The highest BCUT2D eigenvalue weighted by Gasteiger charge is 2.14. The van der Waals surface area contributed by atoms with Gasteiger partial charge in [0.15, 0.2) is 10.2 Å². The number of rotatable bonds is 3. The van der Waals surface area contributed by atoms with Gasteiger partial charge in [-0.15, -0.1) is 0 Å². The van der Waals surface area contributed by atoms with E-state index in [4.69, 9.17) is 24.4 Å². The van der Waals surface area contributed by atoms with Crippen LogP contribution in [0.4, 0.5) is 26.7 Å². The number of ether oxygens (including phenoxy) is 2. The zero-order chi connectivity index (χ0) is 19.0. The molecular weight excluding hydrogens is 374 g/mol. The van der Waals surface area contributed by atoms with Gasteiger partial charge in [-0.25, -0.2) is 9.59 Å². The minimum atomic E-state index is -0.819. The van der Waals surface area contributed by atoms with E-state index in [2.05, 4.69) is 30.7 Å². The molecule has 0 fully saturated rings. The van der Waals surface area contributed by atoms with Crippen molar-refractivity contribution in [2.45, 2.75) is 0 Å². The molecule has 0 saturated carbocycles. The maximum absolute atomic E-state index is 11.1. The third kappa shape index (κ3) is 6.52. The van der Waals surface area contributed by atoms with Crippen molar-refractivity contribution in [3.63, 3.8) is 0 Å². The van der Waals surface area contributed by atoms with E-state index in [1.165, 1.54) is 12.1 Å². The zero-order valence-electron chi connectivity index (χ0n) is 12.9. The molecule has 0 bridgehead atoms. The molecule has 25 heavy (non-hydrogen) atoms. The van der Waals surface area contributed by atoms with Crippen LogP contribution in [0.25, 0.3) is 0 Å². The van der Waals surface area contributed by atoms with Crippen LogP contribution in [0.1, 0.15) is 0 Å². The van der Waals surface area contributed by atoms with Gasteiger partial charge in [0.1, 0.15) is 0 Å². The smallest absolute Gasteiger partial charge is 0.413 e. The summed E-state index contributed by atoms with van der Waals surface area (Å²) in [5, 5.41) is 20.3. The predicted molar refractivity (Wildman–Crippen MR) is 96.6 cm³/mol. The number of hydrogen-bond acceptors (Lipinski definition) is 8. The van der Waals surface area contributed by atoms with Gasteiger partial charge in [-0.05, 0) is 30.5 Å². The van der Waals surface area contributed by atoms with E-state index < -0.39 is 17.1 Å². The first-order valence-electron chi connectivity index (χ1n) is 6.37. The number of non-ortho nitro benzene ring substituents is 1. The number of nitrogens with zero attached hydrogens (tertiary/aromatic N) is 1. The summed E-state index contributed by atoms with van der Waals surface area (Å²) < 4.78 is 8.78. The van der Waals surface area contributed by atoms with Gasteiger partial charge < -0.3 is 20.1 Å². The minimum Gasteiger partial charge on any atom is -0.453 e. The molecule has 0 aliphatic carbocycles. The molecule has 0 atom stereocenters. The molecule has 1 aromatic carbocycles. The van der Waals surface area contributed by atoms with Gasteiger partial charge >= 0.3 is 12.2 Å². The molecule has 1 aromatic rings. The van der Waals surface area contributed by atoms with Crippen molar-refractivity contribution in [2.75, 3.05) is 24.9 Å². The van der Waals surface area contributed by atoms with Crippen LogP contribution in [0.15, 0.2) is 18.2 Å². The second kappa shape index (κ2) is 9.29. The number of alkyl carbamates (subject to hydrolysis) is 2. The average molecular weight is 387 g/mol. The number of nitro groups is 1. The van der Waals surface area contributed by atoms with Crippen molar-refractivity contribution in [3.8, 4) is 0 Å². The summed E-state index contributed by atoms with van der Waals surface area (Å²) in [6, 6.07) is 3.71. The predicted octanol–water partition coefficient (Wildman–Crippen LogP) is 1.70. The first-order valence-corrected chi connectivity index (χ1v) is 7.18. The summed E-state index contributed by atoms with van der Waals surface area (Å²) >= 11 is 9.82. The number of nitrogens with one attached hydrogen (secondary N) is 4. The first-order chi connectivity index (χ1) is 11.8. The highest BCUT2D eigenvalue weighted by atomic mass is 32.1. The van der Waals surface area contributed by atoms with Gasteiger partial charge in [0.25, 0.3) is 5.69 Å². The van der Waals surface area contributed by atoms with Crippen molar-refractivity contribution < 1.29 is 24.0 Å². The molecular formula is C12H13N5O6S2. The maximum Gasteiger partial charge on any atom is 0.413 e. The van der Waals surface area contributed by atoms with E-state index in [0.717, 1.165) is 20.3 Å². The highest BCUT2D eigenvalue weighted by Crippen LogP contribution is 2.27. The molecule has 0 radical (unpaired) electrons. The second-order valence-electron chi connectivity index (χ2n) is 4.13. The number of thiocarbonyl (C=S) groups is 2. The van der Waals surface area contributed by atoms with Crippen LogP contribution < -0.4 is 21.3 Å². The van der Waals surface area contributed by atoms with Crippen LogP contribution in [0, 0.1) is 10.1 Å². The lowest BCUT2D eigenvalue weighted by molar-refractivity contribution is -0.384. The Morgan fingerprint density at radius 1 is 1.00 bits per heavy atom. The topological polar surface area (TPSA) is 144 Å². The molecule has 0 spiro atoms. The van der Waals surface area contributed by atoms with Crippen LogP contribution in [0.2, 0.25) is 0 Å². The average Bonchev–Trinajstić information content (AvgIpc) is 2.55. The fourth-order valence-electron chi connectivity index (χ4n) is 1.45. The summed E-state index contributed by atoms with van der Waals surface area (Å²) in [6.07, 6.45) is -1.61. The quantitative estimate of drug-likeness (QED) is 0.343. The van der Waals surface area contributed by atoms with E-state index in [0.29, 0.717) is 0 Å². The first kappa shape index (κ1) is 20.0. The van der Waals surface area contributed by atoms with Gasteiger partial charge in [-0.1, -0.05) is 0 Å². The third-order valence-electron chi connectivity index (χ3n) is 2.51. The van der Waals surface area contributed by atoms with Crippen LogP contribution in [0.3, 0.4) is 0 Å². The lowest BCUT2D eigenvalue weighted by Gasteiger charge is -2.15. The van der Waals surface area contributed by atoms with E-state index in [1.807, 2.05) is 0 Å². The second-order valence-corrected chi connectivity index (χ2v) is 4.94. The Kier molecular flexibility index (Phi) is 7.43. The molecule has 0 heterocycles. The van der Waals surface area contributed by atoms with Crippen LogP contribution in [-0.2, 0) is 9.47 Å². The monoisotopic (exact) mass is 387 g/mol. The Labute approximate surface area is 152 Å². The Bertz CT molecular complexity index is 726. The van der Waals surface area contributed by atoms with Crippen molar-refractivity contribution in [1.82, 2.24) is 10.6 Å². The van der Waals surface area contributed by atoms with E-state index in [-0.39, 0.29) is 27.3 Å². The lowest BCUT2D eigenvalue weighted by Crippen LogP contribution is -2.35. The third-order valence-corrected chi connectivity index (χ3v) is 2.92. The maximum atomic E-state index is 11.1. The molecule has 0 unspecified atom stereocenters.